The van der Waals surface area contributed by atoms with E-state index in [1.54, 1.807) is 0 Å². The Kier molecular flexibility index (Phi) is 10.4. The second-order valence-electron chi connectivity index (χ2n) is 3.67. The van der Waals surface area contributed by atoms with Crippen LogP contribution in [0, 0.1) is 5.92 Å². The molecule has 1 unspecified atom stereocenters. The van der Waals surface area contributed by atoms with Gasteiger partial charge >= 0.3 is 0 Å². The average molecular weight is 201 g/mol. The first-order valence-electron chi connectivity index (χ1n) is 5.53. The van der Waals surface area contributed by atoms with Gasteiger partial charge in [0.2, 0.25) is 0 Å². The number of nitrogens with one attached hydrogen (secondary N) is 1. The molecule has 84 valence electrons. The minimum atomic E-state index is 0.216. The Morgan fingerprint density at radius 1 is 1.36 bits per heavy atom. The lowest BCUT2D eigenvalue weighted by Gasteiger charge is -2.10. The molecule has 3 nitrogen and oxygen atoms in total. The first-order valence-corrected chi connectivity index (χ1v) is 5.53. The Bertz CT molecular complexity index is 128. The van der Waals surface area contributed by atoms with Crippen molar-refractivity contribution >= 4 is 6.29 Å². The topological polar surface area (TPSA) is 38.3 Å². The lowest BCUT2D eigenvalue weighted by atomic mass is 10.0. The summed E-state index contributed by atoms with van der Waals surface area (Å²) in [6.45, 7) is 7.23. The van der Waals surface area contributed by atoms with E-state index in [0.717, 1.165) is 25.3 Å². The van der Waals surface area contributed by atoms with Gasteiger partial charge in [0, 0.05) is 6.54 Å². The lowest BCUT2D eigenvalue weighted by Crippen LogP contribution is -2.22. The summed E-state index contributed by atoms with van der Waals surface area (Å²) in [7, 11) is 0. The largest absolute Gasteiger partial charge is 0.373 e. The van der Waals surface area contributed by atoms with Crippen LogP contribution >= 0.6 is 0 Å². The van der Waals surface area contributed by atoms with Gasteiger partial charge in [0.05, 0.1) is 6.61 Å². The van der Waals surface area contributed by atoms with Crippen molar-refractivity contribution in [3.8, 4) is 0 Å². The highest BCUT2D eigenvalue weighted by atomic mass is 16.5. The molecule has 0 aromatic carbocycles. The zero-order chi connectivity index (χ0) is 10.6. The van der Waals surface area contributed by atoms with Gasteiger partial charge in [-0.05, 0) is 18.9 Å². The van der Waals surface area contributed by atoms with Gasteiger partial charge in [-0.1, -0.05) is 26.7 Å². The Morgan fingerprint density at radius 2 is 2.14 bits per heavy atom. The normalized spacial score (nSPS) is 12.7. The Hall–Kier alpha value is -0.410. The van der Waals surface area contributed by atoms with E-state index in [4.69, 9.17) is 4.74 Å². The average Bonchev–Trinajstić information content (AvgIpc) is 2.17. The van der Waals surface area contributed by atoms with Crippen LogP contribution in [0.4, 0.5) is 0 Å². The molecular weight excluding hydrogens is 178 g/mol. The Morgan fingerprint density at radius 3 is 2.79 bits per heavy atom. The van der Waals surface area contributed by atoms with E-state index >= 15 is 0 Å². The van der Waals surface area contributed by atoms with Gasteiger partial charge in [0.25, 0.3) is 0 Å². The quantitative estimate of drug-likeness (QED) is 0.431. The van der Waals surface area contributed by atoms with Crippen molar-refractivity contribution in [2.75, 3.05) is 26.3 Å². The van der Waals surface area contributed by atoms with E-state index in [1.165, 1.54) is 19.3 Å². The third kappa shape index (κ3) is 9.68. The third-order valence-corrected chi connectivity index (χ3v) is 2.20. The summed E-state index contributed by atoms with van der Waals surface area (Å²) in [4.78, 5) is 9.91. The number of carbonyl (C=O) groups is 1. The van der Waals surface area contributed by atoms with Gasteiger partial charge in [0.15, 0.2) is 0 Å². The highest BCUT2D eigenvalue weighted by molar-refractivity contribution is 5.50. The van der Waals surface area contributed by atoms with Gasteiger partial charge in [0.1, 0.15) is 12.9 Å². The summed E-state index contributed by atoms with van der Waals surface area (Å²) in [6.07, 6.45) is 4.58. The summed E-state index contributed by atoms with van der Waals surface area (Å²) < 4.78 is 5.01. The Labute approximate surface area is 87.2 Å². The van der Waals surface area contributed by atoms with Gasteiger partial charge in [-0.3, -0.25) is 0 Å². The highest BCUT2D eigenvalue weighted by Gasteiger charge is 1.98. The summed E-state index contributed by atoms with van der Waals surface area (Å²) in [6, 6.07) is 0. The molecule has 0 aromatic rings. The predicted octanol–water partition coefficient (Wildman–Crippen LogP) is 1.62. The standard InChI is InChI=1S/C11H23NO2/c1-3-4-11(2)5-6-12-7-9-14-10-8-13/h8,11-12H,3-7,9-10H2,1-2H3. The van der Waals surface area contributed by atoms with Gasteiger partial charge < -0.3 is 14.8 Å². The number of carbonyl (C=O) groups excluding carboxylic acids is 1. The van der Waals surface area contributed by atoms with Crippen LogP contribution in [0.1, 0.15) is 33.1 Å². The first kappa shape index (κ1) is 13.6. The molecular formula is C11H23NO2. The minimum Gasteiger partial charge on any atom is -0.373 e. The molecule has 0 aliphatic heterocycles. The molecule has 0 saturated carbocycles. The van der Waals surface area contributed by atoms with E-state index in [9.17, 15) is 4.79 Å². The van der Waals surface area contributed by atoms with E-state index in [1.807, 2.05) is 0 Å². The molecule has 3 heteroatoms. The number of aldehydes is 1. The van der Waals surface area contributed by atoms with Crippen LogP contribution in [0.2, 0.25) is 0 Å². The second kappa shape index (κ2) is 10.7. The molecule has 0 heterocycles. The van der Waals surface area contributed by atoms with Crippen LogP contribution in [0.5, 0.6) is 0 Å². The van der Waals surface area contributed by atoms with E-state index < -0.39 is 0 Å². The monoisotopic (exact) mass is 201 g/mol. The minimum absolute atomic E-state index is 0.216. The smallest absolute Gasteiger partial charge is 0.145 e. The molecule has 0 amide bonds. The van der Waals surface area contributed by atoms with E-state index in [2.05, 4.69) is 19.2 Å². The van der Waals surface area contributed by atoms with Crippen molar-refractivity contribution in [3.05, 3.63) is 0 Å². The summed E-state index contributed by atoms with van der Waals surface area (Å²) in [5.41, 5.74) is 0. The fraction of sp³-hybridized carbons (Fsp3) is 0.909. The first-order chi connectivity index (χ1) is 6.81. The maximum Gasteiger partial charge on any atom is 0.145 e. The fourth-order valence-corrected chi connectivity index (χ4v) is 1.39. The zero-order valence-electron chi connectivity index (χ0n) is 9.42. The number of hydrogen-bond acceptors (Lipinski definition) is 3. The molecule has 1 N–H and O–H groups in total. The SMILES string of the molecule is CCCC(C)CCNCCOCC=O. The van der Waals surface area contributed by atoms with Crippen LogP contribution in [0.15, 0.2) is 0 Å². The van der Waals surface area contributed by atoms with Crippen molar-refractivity contribution in [1.29, 1.82) is 0 Å². The molecule has 0 fully saturated rings. The van der Waals surface area contributed by atoms with Crippen molar-refractivity contribution in [3.63, 3.8) is 0 Å². The molecule has 0 radical (unpaired) electrons. The molecule has 0 aliphatic rings. The van der Waals surface area contributed by atoms with Crippen LogP contribution in [0.3, 0.4) is 0 Å². The summed E-state index contributed by atoms with van der Waals surface area (Å²) >= 11 is 0. The van der Waals surface area contributed by atoms with Crippen molar-refractivity contribution in [2.45, 2.75) is 33.1 Å². The zero-order valence-corrected chi connectivity index (χ0v) is 9.42. The molecule has 1 atom stereocenters. The maximum atomic E-state index is 9.91. The predicted molar refractivity (Wildman–Crippen MR) is 58.4 cm³/mol. The van der Waals surface area contributed by atoms with Gasteiger partial charge in [-0.25, -0.2) is 0 Å². The van der Waals surface area contributed by atoms with Crippen molar-refractivity contribution in [2.24, 2.45) is 5.92 Å². The van der Waals surface area contributed by atoms with Crippen LogP contribution in [0.25, 0.3) is 0 Å². The van der Waals surface area contributed by atoms with Gasteiger partial charge in [-0.2, -0.15) is 0 Å². The Balaban J connectivity index is 3.01. The van der Waals surface area contributed by atoms with Crippen LogP contribution in [-0.2, 0) is 9.53 Å². The molecule has 0 aliphatic carbocycles. The fourth-order valence-electron chi connectivity index (χ4n) is 1.39. The van der Waals surface area contributed by atoms with Crippen LogP contribution in [-0.4, -0.2) is 32.6 Å². The van der Waals surface area contributed by atoms with Crippen LogP contribution < -0.4 is 5.32 Å². The lowest BCUT2D eigenvalue weighted by molar-refractivity contribution is -0.111. The second-order valence-corrected chi connectivity index (χ2v) is 3.67. The summed E-state index contributed by atoms with van der Waals surface area (Å²) in [5.74, 6) is 0.809. The molecule has 0 bridgehead atoms. The van der Waals surface area contributed by atoms with Crippen molar-refractivity contribution < 1.29 is 9.53 Å². The van der Waals surface area contributed by atoms with E-state index in [-0.39, 0.29) is 6.61 Å². The number of hydrogen-bond donors (Lipinski definition) is 1. The number of ether oxygens (including phenoxy) is 1. The molecule has 0 rings (SSSR count). The van der Waals surface area contributed by atoms with Crippen molar-refractivity contribution in [1.82, 2.24) is 5.32 Å². The molecule has 14 heavy (non-hydrogen) atoms. The maximum absolute atomic E-state index is 9.91. The number of rotatable bonds is 10. The summed E-state index contributed by atoms with van der Waals surface area (Å²) in [5, 5.41) is 3.29. The molecule has 0 saturated heterocycles. The molecule has 0 aromatic heterocycles. The highest BCUT2D eigenvalue weighted by Crippen LogP contribution is 2.07. The van der Waals surface area contributed by atoms with E-state index in [0.29, 0.717) is 6.61 Å². The molecule has 0 spiro atoms. The van der Waals surface area contributed by atoms with Gasteiger partial charge in [-0.15, -0.1) is 0 Å². The third-order valence-electron chi connectivity index (χ3n) is 2.20.